The maximum absolute atomic E-state index is 13.2. The Labute approximate surface area is 187 Å². The van der Waals surface area contributed by atoms with Crippen molar-refractivity contribution in [2.24, 2.45) is 7.05 Å². The number of carbonyl (C=O) groups excluding carboxylic acids is 1. The van der Waals surface area contributed by atoms with Gasteiger partial charge >= 0.3 is 0 Å². The molecule has 6 heteroatoms. The topological polar surface area (TPSA) is 60.2 Å². The molecule has 1 amide bonds. The van der Waals surface area contributed by atoms with Gasteiger partial charge in [-0.05, 0) is 34.9 Å². The number of amides is 1. The Kier molecular flexibility index (Phi) is 5.42. The summed E-state index contributed by atoms with van der Waals surface area (Å²) in [5.74, 6) is 0.669. The molecule has 1 aliphatic heterocycles. The van der Waals surface area contributed by atoms with E-state index >= 15 is 0 Å². The molecule has 32 heavy (non-hydrogen) atoms. The van der Waals surface area contributed by atoms with Gasteiger partial charge < -0.3 is 9.64 Å². The van der Waals surface area contributed by atoms with E-state index in [1.165, 1.54) is 0 Å². The summed E-state index contributed by atoms with van der Waals surface area (Å²) in [5.41, 5.74) is 5.95. The van der Waals surface area contributed by atoms with E-state index in [1.54, 1.807) is 10.9 Å². The van der Waals surface area contributed by atoms with Crippen molar-refractivity contribution in [2.75, 3.05) is 6.61 Å². The van der Waals surface area contributed by atoms with E-state index in [1.807, 2.05) is 60.7 Å². The maximum Gasteiger partial charge on any atom is 0.258 e. The van der Waals surface area contributed by atoms with Gasteiger partial charge in [-0.1, -0.05) is 42.5 Å². The molecule has 0 saturated heterocycles. The molecule has 0 bridgehead atoms. The molecule has 0 radical (unpaired) electrons. The first-order chi connectivity index (χ1) is 15.7. The zero-order valence-electron chi connectivity index (χ0n) is 17.9. The van der Waals surface area contributed by atoms with E-state index in [9.17, 15) is 4.79 Å². The van der Waals surface area contributed by atoms with Gasteiger partial charge in [-0.25, -0.2) is 0 Å². The smallest absolute Gasteiger partial charge is 0.258 e. The first-order valence-electron chi connectivity index (χ1n) is 10.7. The molecule has 5 rings (SSSR count). The molecule has 0 unspecified atom stereocenters. The van der Waals surface area contributed by atoms with Crippen LogP contribution in [0.5, 0.6) is 5.75 Å². The highest BCUT2D eigenvalue weighted by atomic mass is 16.5. The molecular formula is C26H24N4O2. The third-order valence-electron chi connectivity index (χ3n) is 5.68. The molecule has 2 aromatic heterocycles. The first-order valence-corrected chi connectivity index (χ1v) is 10.7. The van der Waals surface area contributed by atoms with Gasteiger partial charge in [-0.15, -0.1) is 0 Å². The summed E-state index contributed by atoms with van der Waals surface area (Å²) < 4.78 is 7.78. The summed E-state index contributed by atoms with van der Waals surface area (Å²) in [6.45, 7) is 1.64. The highest BCUT2D eigenvalue weighted by molar-refractivity contribution is 6.01. The Balaban J connectivity index is 1.25. The fourth-order valence-corrected chi connectivity index (χ4v) is 4.04. The molecule has 4 aromatic rings. The van der Waals surface area contributed by atoms with Gasteiger partial charge in [-0.2, -0.15) is 5.10 Å². The van der Waals surface area contributed by atoms with Crippen molar-refractivity contribution in [1.82, 2.24) is 19.7 Å². The number of fused-ring (bicyclic) bond motifs is 1. The number of pyridine rings is 1. The summed E-state index contributed by atoms with van der Waals surface area (Å²) in [5, 5.41) is 4.23. The average Bonchev–Trinajstić information content (AvgIpc) is 3.39. The van der Waals surface area contributed by atoms with Crippen molar-refractivity contribution in [3.05, 3.63) is 102 Å². The van der Waals surface area contributed by atoms with Crippen LogP contribution >= 0.6 is 0 Å². The minimum Gasteiger partial charge on any atom is -0.492 e. The quantitative estimate of drug-likeness (QED) is 0.445. The van der Waals surface area contributed by atoms with Gasteiger partial charge in [0, 0.05) is 50.2 Å². The lowest BCUT2D eigenvalue weighted by atomic mass is 10.1. The van der Waals surface area contributed by atoms with Gasteiger partial charge in [0.05, 0.1) is 18.4 Å². The SMILES string of the molecule is Cn1cc(-c2ccc(CN3Cc4cccc(OCCc5ccccn5)c4C3=O)cc2)cn1. The van der Waals surface area contributed by atoms with Crippen LogP contribution in [0, 0.1) is 0 Å². The minimum absolute atomic E-state index is 0.0183. The Hall–Kier alpha value is -3.93. The van der Waals surface area contributed by atoms with Crippen LogP contribution in [0.25, 0.3) is 11.1 Å². The number of ether oxygens (including phenoxy) is 1. The maximum atomic E-state index is 13.2. The Morgan fingerprint density at radius 1 is 1.00 bits per heavy atom. The van der Waals surface area contributed by atoms with Gasteiger partial charge in [0.25, 0.3) is 5.91 Å². The highest BCUT2D eigenvalue weighted by Gasteiger charge is 2.30. The van der Waals surface area contributed by atoms with Crippen molar-refractivity contribution in [3.8, 4) is 16.9 Å². The van der Waals surface area contributed by atoms with E-state index in [4.69, 9.17) is 4.74 Å². The second-order valence-electron chi connectivity index (χ2n) is 7.97. The second-order valence-corrected chi connectivity index (χ2v) is 7.97. The number of nitrogens with zero attached hydrogens (tertiary/aromatic N) is 4. The Bertz CT molecular complexity index is 1230. The molecular weight excluding hydrogens is 400 g/mol. The summed E-state index contributed by atoms with van der Waals surface area (Å²) in [6, 6.07) is 20.0. The van der Waals surface area contributed by atoms with Crippen LogP contribution in [0.2, 0.25) is 0 Å². The number of hydrogen-bond acceptors (Lipinski definition) is 4. The lowest BCUT2D eigenvalue weighted by Gasteiger charge is -2.16. The second kappa shape index (κ2) is 8.67. The number of hydrogen-bond donors (Lipinski definition) is 0. The highest BCUT2D eigenvalue weighted by Crippen LogP contribution is 2.32. The molecule has 3 heterocycles. The third kappa shape index (κ3) is 4.12. The van der Waals surface area contributed by atoms with Crippen LogP contribution in [-0.4, -0.2) is 32.2 Å². The van der Waals surface area contributed by atoms with E-state index in [2.05, 4.69) is 34.3 Å². The number of aryl methyl sites for hydroxylation is 1. The lowest BCUT2D eigenvalue weighted by Crippen LogP contribution is -2.23. The summed E-state index contributed by atoms with van der Waals surface area (Å²) in [4.78, 5) is 19.4. The predicted molar refractivity (Wildman–Crippen MR) is 122 cm³/mol. The Morgan fingerprint density at radius 2 is 1.88 bits per heavy atom. The minimum atomic E-state index is 0.0183. The van der Waals surface area contributed by atoms with E-state index in [-0.39, 0.29) is 5.91 Å². The molecule has 0 fully saturated rings. The first kappa shape index (κ1) is 20.0. The van der Waals surface area contributed by atoms with E-state index in [0.717, 1.165) is 27.9 Å². The van der Waals surface area contributed by atoms with Gasteiger partial charge in [0.15, 0.2) is 0 Å². The average molecular weight is 425 g/mol. The van der Waals surface area contributed by atoms with Gasteiger partial charge in [0.1, 0.15) is 5.75 Å². The molecule has 160 valence electrons. The molecule has 2 aromatic carbocycles. The fourth-order valence-electron chi connectivity index (χ4n) is 4.04. The molecule has 0 aliphatic carbocycles. The van der Waals surface area contributed by atoms with Crippen LogP contribution in [0.1, 0.15) is 27.2 Å². The number of benzene rings is 2. The van der Waals surface area contributed by atoms with Crippen LogP contribution < -0.4 is 4.74 Å². The molecule has 0 atom stereocenters. The van der Waals surface area contributed by atoms with Crippen LogP contribution in [-0.2, 0) is 26.6 Å². The van der Waals surface area contributed by atoms with Crippen LogP contribution in [0.4, 0.5) is 0 Å². The number of carbonyl (C=O) groups is 1. The normalized spacial score (nSPS) is 12.8. The molecule has 0 spiro atoms. The van der Waals surface area contributed by atoms with Crippen LogP contribution in [0.3, 0.4) is 0 Å². The molecule has 1 aliphatic rings. The number of aromatic nitrogens is 3. The van der Waals surface area contributed by atoms with Crippen molar-refractivity contribution in [2.45, 2.75) is 19.5 Å². The van der Waals surface area contributed by atoms with Gasteiger partial charge in [-0.3, -0.25) is 14.5 Å². The number of rotatable bonds is 7. The molecule has 6 nitrogen and oxygen atoms in total. The fraction of sp³-hybridized carbons (Fsp3) is 0.192. The zero-order valence-corrected chi connectivity index (χ0v) is 17.9. The molecule has 0 N–H and O–H groups in total. The zero-order chi connectivity index (χ0) is 21.9. The molecule has 0 saturated carbocycles. The summed E-state index contributed by atoms with van der Waals surface area (Å²) in [7, 11) is 1.91. The summed E-state index contributed by atoms with van der Waals surface area (Å²) in [6.07, 6.45) is 6.32. The monoisotopic (exact) mass is 424 g/mol. The largest absolute Gasteiger partial charge is 0.492 e. The van der Waals surface area contributed by atoms with Crippen LogP contribution in [0.15, 0.2) is 79.3 Å². The summed E-state index contributed by atoms with van der Waals surface area (Å²) >= 11 is 0. The van der Waals surface area contributed by atoms with Gasteiger partial charge in [0.2, 0.25) is 0 Å². The van der Waals surface area contributed by atoms with Crippen molar-refractivity contribution in [3.63, 3.8) is 0 Å². The van der Waals surface area contributed by atoms with Crippen molar-refractivity contribution < 1.29 is 9.53 Å². The predicted octanol–water partition coefficient (Wildman–Crippen LogP) is 4.26. The standard InChI is InChI=1S/C26H24N4O2/c1-29-17-22(15-28-29)20-10-8-19(9-11-20)16-30-18-21-5-4-7-24(25(21)26(30)31)32-14-12-23-6-2-3-13-27-23/h2-11,13,15,17H,12,14,16,18H2,1H3. The van der Waals surface area contributed by atoms with Crippen molar-refractivity contribution >= 4 is 5.91 Å². The third-order valence-corrected chi connectivity index (χ3v) is 5.68. The van der Waals surface area contributed by atoms with Crippen molar-refractivity contribution in [1.29, 1.82) is 0 Å². The van der Waals surface area contributed by atoms with E-state index in [0.29, 0.717) is 37.4 Å². The Morgan fingerprint density at radius 3 is 2.62 bits per heavy atom. The van der Waals surface area contributed by atoms with E-state index < -0.39 is 0 Å². The lowest BCUT2D eigenvalue weighted by molar-refractivity contribution is 0.0763.